The lowest BCUT2D eigenvalue weighted by Crippen LogP contribution is -2.41. The van der Waals surface area contributed by atoms with Gasteiger partial charge < -0.3 is 10.6 Å². The standard InChI is InChI=1S/C17H25F2N3O.ClH/c1-20-5-2-13-3-6-22(7-4-13)12-17(23)21-11-14-8-15(18)10-16(19)9-14;/h8-10,13,20H,2-7,11-12H2,1H3,(H,21,23);1H. The van der Waals surface area contributed by atoms with Gasteiger partial charge in [0.05, 0.1) is 6.54 Å². The summed E-state index contributed by atoms with van der Waals surface area (Å²) < 4.78 is 26.2. The van der Waals surface area contributed by atoms with Crippen LogP contribution in [-0.2, 0) is 11.3 Å². The van der Waals surface area contributed by atoms with E-state index in [2.05, 4.69) is 15.5 Å². The largest absolute Gasteiger partial charge is 0.351 e. The van der Waals surface area contributed by atoms with Crippen LogP contribution in [0.25, 0.3) is 0 Å². The Morgan fingerprint density at radius 3 is 2.42 bits per heavy atom. The van der Waals surface area contributed by atoms with Crippen LogP contribution in [0.4, 0.5) is 8.78 Å². The molecule has 1 aliphatic heterocycles. The summed E-state index contributed by atoms with van der Waals surface area (Å²) in [7, 11) is 1.96. The Labute approximate surface area is 148 Å². The molecule has 1 aliphatic rings. The Hall–Kier alpha value is -1.24. The molecule has 0 spiro atoms. The first-order valence-corrected chi connectivity index (χ1v) is 8.15. The molecule has 1 amide bonds. The van der Waals surface area contributed by atoms with Gasteiger partial charge in [-0.3, -0.25) is 9.69 Å². The average molecular weight is 362 g/mol. The van der Waals surface area contributed by atoms with Gasteiger partial charge in [0.2, 0.25) is 5.91 Å². The minimum atomic E-state index is -0.627. The molecular formula is C17H26ClF2N3O. The Morgan fingerprint density at radius 2 is 1.83 bits per heavy atom. The molecule has 1 aromatic carbocycles. The minimum absolute atomic E-state index is 0. The monoisotopic (exact) mass is 361 g/mol. The molecule has 1 heterocycles. The molecule has 0 atom stereocenters. The molecule has 2 rings (SSSR count). The molecule has 0 saturated carbocycles. The second-order valence-corrected chi connectivity index (χ2v) is 6.17. The van der Waals surface area contributed by atoms with Crippen LogP contribution in [0.1, 0.15) is 24.8 Å². The predicted octanol–water partition coefficient (Wildman–Crippen LogP) is 2.32. The molecule has 4 nitrogen and oxygen atoms in total. The maximum atomic E-state index is 13.1. The smallest absolute Gasteiger partial charge is 0.234 e. The molecular weight excluding hydrogens is 336 g/mol. The summed E-state index contributed by atoms with van der Waals surface area (Å²) in [5.41, 5.74) is 0.432. The van der Waals surface area contributed by atoms with Gasteiger partial charge in [0.1, 0.15) is 11.6 Å². The Kier molecular flexibility index (Phi) is 9.18. The van der Waals surface area contributed by atoms with Crippen LogP contribution in [-0.4, -0.2) is 44.0 Å². The average Bonchev–Trinajstić information content (AvgIpc) is 2.51. The molecule has 136 valence electrons. The molecule has 0 aliphatic carbocycles. The molecule has 24 heavy (non-hydrogen) atoms. The van der Waals surface area contributed by atoms with Crippen LogP contribution in [0.5, 0.6) is 0 Å². The molecule has 0 aromatic heterocycles. The van der Waals surface area contributed by atoms with Crippen molar-refractivity contribution in [3.63, 3.8) is 0 Å². The van der Waals surface area contributed by atoms with Crippen molar-refractivity contribution in [3.8, 4) is 0 Å². The molecule has 0 unspecified atom stereocenters. The summed E-state index contributed by atoms with van der Waals surface area (Å²) in [4.78, 5) is 14.1. The number of likely N-dealkylation sites (tertiary alicyclic amines) is 1. The lowest BCUT2D eigenvalue weighted by molar-refractivity contribution is -0.122. The van der Waals surface area contributed by atoms with E-state index < -0.39 is 11.6 Å². The van der Waals surface area contributed by atoms with E-state index >= 15 is 0 Å². The summed E-state index contributed by atoms with van der Waals surface area (Å²) in [6.45, 7) is 3.38. The number of rotatable bonds is 7. The molecule has 0 bridgehead atoms. The lowest BCUT2D eigenvalue weighted by Gasteiger charge is -2.31. The first-order chi connectivity index (χ1) is 11.1. The molecule has 1 aromatic rings. The quantitative estimate of drug-likeness (QED) is 0.783. The van der Waals surface area contributed by atoms with Crippen molar-refractivity contribution in [3.05, 3.63) is 35.4 Å². The maximum absolute atomic E-state index is 13.1. The SMILES string of the molecule is CNCCC1CCN(CC(=O)NCc2cc(F)cc(F)c2)CC1.Cl. The second kappa shape index (κ2) is 10.6. The number of carbonyl (C=O) groups is 1. The van der Waals surface area contributed by atoms with Gasteiger partial charge in [0, 0.05) is 12.6 Å². The van der Waals surface area contributed by atoms with Crippen LogP contribution < -0.4 is 10.6 Å². The molecule has 1 fully saturated rings. The fraction of sp³-hybridized carbons (Fsp3) is 0.588. The number of benzene rings is 1. The Bertz CT molecular complexity index is 502. The van der Waals surface area contributed by atoms with E-state index in [0.717, 1.165) is 44.5 Å². The van der Waals surface area contributed by atoms with Crippen molar-refractivity contribution < 1.29 is 13.6 Å². The van der Waals surface area contributed by atoms with Crippen molar-refractivity contribution >= 4 is 18.3 Å². The minimum Gasteiger partial charge on any atom is -0.351 e. The van der Waals surface area contributed by atoms with Gasteiger partial charge in [0.15, 0.2) is 0 Å². The van der Waals surface area contributed by atoms with Gasteiger partial charge in [-0.05, 0) is 69.6 Å². The number of halogens is 3. The topological polar surface area (TPSA) is 44.4 Å². The third-order valence-electron chi connectivity index (χ3n) is 4.29. The van der Waals surface area contributed by atoms with Crippen molar-refractivity contribution in [1.29, 1.82) is 0 Å². The van der Waals surface area contributed by atoms with Crippen molar-refractivity contribution in [2.24, 2.45) is 5.92 Å². The fourth-order valence-electron chi connectivity index (χ4n) is 2.95. The first kappa shape index (κ1) is 20.8. The van der Waals surface area contributed by atoms with Gasteiger partial charge in [-0.15, -0.1) is 12.4 Å². The number of amides is 1. The van der Waals surface area contributed by atoms with E-state index in [1.807, 2.05) is 7.05 Å². The summed E-state index contributed by atoms with van der Waals surface area (Å²) >= 11 is 0. The summed E-state index contributed by atoms with van der Waals surface area (Å²) in [5, 5.41) is 5.89. The van der Waals surface area contributed by atoms with Gasteiger partial charge in [-0.1, -0.05) is 0 Å². The van der Waals surface area contributed by atoms with Gasteiger partial charge in [-0.25, -0.2) is 8.78 Å². The van der Waals surface area contributed by atoms with E-state index in [9.17, 15) is 13.6 Å². The van der Waals surface area contributed by atoms with E-state index in [1.54, 1.807) is 0 Å². The molecule has 2 N–H and O–H groups in total. The highest BCUT2D eigenvalue weighted by atomic mass is 35.5. The van der Waals surface area contributed by atoms with Crippen molar-refractivity contribution in [2.75, 3.05) is 33.2 Å². The number of hydrogen-bond acceptors (Lipinski definition) is 3. The number of nitrogens with zero attached hydrogens (tertiary/aromatic N) is 1. The number of nitrogens with one attached hydrogen (secondary N) is 2. The second-order valence-electron chi connectivity index (χ2n) is 6.17. The third kappa shape index (κ3) is 7.11. The van der Waals surface area contributed by atoms with Crippen LogP contribution in [0.15, 0.2) is 18.2 Å². The molecule has 0 radical (unpaired) electrons. The van der Waals surface area contributed by atoms with Crippen LogP contribution >= 0.6 is 12.4 Å². The van der Waals surface area contributed by atoms with E-state index in [0.29, 0.717) is 12.1 Å². The number of piperidine rings is 1. The van der Waals surface area contributed by atoms with Crippen LogP contribution in [0.2, 0.25) is 0 Å². The fourth-order valence-corrected chi connectivity index (χ4v) is 2.95. The predicted molar refractivity (Wildman–Crippen MR) is 93.2 cm³/mol. The normalized spacial score (nSPS) is 15.8. The summed E-state index contributed by atoms with van der Waals surface area (Å²) in [6.07, 6.45) is 3.41. The lowest BCUT2D eigenvalue weighted by atomic mass is 9.93. The zero-order valence-electron chi connectivity index (χ0n) is 14.0. The van der Waals surface area contributed by atoms with Gasteiger partial charge in [0.25, 0.3) is 0 Å². The van der Waals surface area contributed by atoms with Crippen molar-refractivity contribution in [2.45, 2.75) is 25.8 Å². The summed E-state index contributed by atoms with van der Waals surface area (Å²) in [5.74, 6) is -0.629. The molecule has 7 heteroatoms. The number of carbonyl (C=O) groups excluding carboxylic acids is 1. The Morgan fingerprint density at radius 1 is 1.21 bits per heavy atom. The number of hydrogen-bond donors (Lipinski definition) is 2. The zero-order chi connectivity index (χ0) is 16.7. The highest BCUT2D eigenvalue weighted by molar-refractivity contribution is 5.85. The van der Waals surface area contributed by atoms with Gasteiger partial charge in [-0.2, -0.15) is 0 Å². The highest BCUT2D eigenvalue weighted by Gasteiger charge is 2.20. The maximum Gasteiger partial charge on any atom is 0.234 e. The molecule has 1 saturated heterocycles. The highest BCUT2D eigenvalue weighted by Crippen LogP contribution is 2.19. The zero-order valence-corrected chi connectivity index (χ0v) is 14.8. The van der Waals surface area contributed by atoms with E-state index in [4.69, 9.17) is 0 Å². The van der Waals surface area contributed by atoms with Crippen LogP contribution in [0.3, 0.4) is 0 Å². The first-order valence-electron chi connectivity index (χ1n) is 8.15. The van der Waals surface area contributed by atoms with E-state index in [1.165, 1.54) is 18.6 Å². The third-order valence-corrected chi connectivity index (χ3v) is 4.29. The van der Waals surface area contributed by atoms with E-state index in [-0.39, 0.29) is 24.9 Å². The van der Waals surface area contributed by atoms with Crippen LogP contribution in [0, 0.1) is 17.6 Å². The Balaban J connectivity index is 0.00000288. The van der Waals surface area contributed by atoms with Crippen molar-refractivity contribution in [1.82, 2.24) is 15.5 Å². The summed E-state index contributed by atoms with van der Waals surface area (Å²) in [6, 6.07) is 3.29. The van der Waals surface area contributed by atoms with Gasteiger partial charge >= 0.3 is 0 Å².